The SMILES string of the molecule is CC(c1ccccc1Cl)N(C)c1ncnc(Cl)c1Br. The van der Waals surface area contributed by atoms with Crippen LogP contribution >= 0.6 is 39.1 Å². The largest absolute Gasteiger partial charge is 0.352 e. The van der Waals surface area contributed by atoms with Crippen LogP contribution in [0, 0.1) is 0 Å². The first-order chi connectivity index (χ1) is 9.02. The zero-order valence-corrected chi connectivity index (χ0v) is 13.5. The van der Waals surface area contributed by atoms with E-state index < -0.39 is 0 Å². The van der Waals surface area contributed by atoms with Crippen LogP contribution in [0.3, 0.4) is 0 Å². The van der Waals surface area contributed by atoms with E-state index in [1.807, 2.05) is 36.2 Å². The number of nitrogens with zero attached hydrogens (tertiary/aromatic N) is 3. The van der Waals surface area contributed by atoms with Gasteiger partial charge in [-0.15, -0.1) is 0 Å². The predicted octanol–water partition coefficient (Wildman–Crippen LogP) is 4.74. The summed E-state index contributed by atoms with van der Waals surface area (Å²) in [6, 6.07) is 7.82. The normalized spacial score (nSPS) is 12.3. The molecule has 0 N–H and O–H groups in total. The molecule has 0 saturated carbocycles. The summed E-state index contributed by atoms with van der Waals surface area (Å²) < 4.78 is 0.679. The minimum atomic E-state index is 0.0657. The third-order valence-electron chi connectivity index (χ3n) is 3.00. The van der Waals surface area contributed by atoms with Crippen LogP contribution in [0.2, 0.25) is 10.2 Å². The Balaban J connectivity index is 2.37. The molecule has 0 amide bonds. The Hall–Kier alpha value is -0.840. The lowest BCUT2D eigenvalue weighted by Crippen LogP contribution is -2.23. The van der Waals surface area contributed by atoms with Crippen molar-refractivity contribution in [2.24, 2.45) is 0 Å². The van der Waals surface area contributed by atoms with Gasteiger partial charge in [-0.3, -0.25) is 0 Å². The van der Waals surface area contributed by atoms with Gasteiger partial charge in [-0.2, -0.15) is 0 Å². The Morgan fingerprint density at radius 3 is 2.58 bits per heavy atom. The molecule has 0 bridgehead atoms. The van der Waals surface area contributed by atoms with Gasteiger partial charge in [-0.1, -0.05) is 41.4 Å². The van der Waals surface area contributed by atoms with E-state index in [4.69, 9.17) is 23.2 Å². The van der Waals surface area contributed by atoms with Gasteiger partial charge in [0.2, 0.25) is 0 Å². The van der Waals surface area contributed by atoms with Crippen molar-refractivity contribution in [3.8, 4) is 0 Å². The summed E-state index contributed by atoms with van der Waals surface area (Å²) in [5, 5.41) is 1.13. The number of hydrogen-bond acceptors (Lipinski definition) is 3. The van der Waals surface area contributed by atoms with Gasteiger partial charge in [0.25, 0.3) is 0 Å². The van der Waals surface area contributed by atoms with E-state index in [2.05, 4.69) is 32.8 Å². The number of anilines is 1. The first kappa shape index (κ1) is 14.6. The number of hydrogen-bond donors (Lipinski definition) is 0. The van der Waals surface area contributed by atoms with Crippen molar-refractivity contribution in [3.63, 3.8) is 0 Å². The lowest BCUT2D eigenvalue weighted by atomic mass is 10.1. The third kappa shape index (κ3) is 3.02. The topological polar surface area (TPSA) is 29.0 Å². The summed E-state index contributed by atoms with van der Waals surface area (Å²) in [6.07, 6.45) is 1.44. The van der Waals surface area contributed by atoms with Crippen molar-refractivity contribution in [1.29, 1.82) is 0 Å². The first-order valence-corrected chi connectivity index (χ1v) is 7.20. The standard InChI is InChI=1S/C13H12BrCl2N3/c1-8(9-5-3-4-6-10(9)15)19(2)13-11(14)12(16)17-7-18-13/h3-8H,1-2H3. The number of benzene rings is 1. The molecule has 1 heterocycles. The maximum Gasteiger partial charge on any atom is 0.148 e. The fraction of sp³-hybridized carbons (Fsp3) is 0.231. The van der Waals surface area contributed by atoms with Gasteiger partial charge in [0.05, 0.1) is 10.5 Å². The average Bonchev–Trinajstić information content (AvgIpc) is 2.41. The number of halogens is 3. The van der Waals surface area contributed by atoms with E-state index in [0.717, 1.165) is 16.4 Å². The smallest absolute Gasteiger partial charge is 0.148 e. The Labute approximate surface area is 130 Å². The fourth-order valence-corrected chi connectivity index (χ4v) is 2.70. The molecule has 19 heavy (non-hydrogen) atoms. The van der Waals surface area contributed by atoms with Crippen molar-refractivity contribution in [2.45, 2.75) is 13.0 Å². The monoisotopic (exact) mass is 359 g/mol. The van der Waals surface area contributed by atoms with E-state index in [1.165, 1.54) is 6.33 Å². The molecule has 1 aromatic carbocycles. The summed E-state index contributed by atoms with van der Waals surface area (Å²) >= 11 is 15.6. The highest BCUT2D eigenvalue weighted by Gasteiger charge is 2.19. The Morgan fingerprint density at radius 1 is 1.21 bits per heavy atom. The summed E-state index contributed by atoms with van der Waals surface area (Å²) in [6.45, 7) is 2.06. The van der Waals surface area contributed by atoms with Crippen LogP contribution in [0.4, 0.5) is 5.82 Å². The molecule has 0 saturated heterocycles. The number of aromatic nitrogens is 2. The van der Waals surface area contributed by atoms with Crippen LogP contribution in [0.1, 0.15) is 18.5 Å². The summed E-state index contributed by atoms with van der Waals surface area (Å²) in [4.78, 5) is 10.2. The maximum atomic E-state index is 6.22. The Kier molecular flexibility index (Phi) is 4.66. The second-order valence-electron chi connectivity index (χ2n) is 4.11. The maximum absolute atomic E-state index is 6.22. The van der Waals surface area contributed by atoms with E-state index in [9.17, 15) is 0 Å². The third-order valence-corrected chi connectivity index (χ3v) is 4.59. The van der Waals surface area contributed by atoms with Crippen LogP contribution in [0.15, 0.2) is 35.1 Å². The Bertz CT molecular complexity index is 592. The van der Waals surface area contributed by atoms with Crippen molar-refractivity contribution in [3.05, 3.63) is 50.8 Å². The van der Waals surface area contributed by atoms with Crippen LogP contribution in [-0.2, 0) is 0 Å². The summed E-state index contributed by atoms with van der Waals surface area (Å²) in [5.74, 6) is 0.729. The molecule has 0 radical (unpaired) electrons. The van der Waals surface area contributed by atoms with Gasteiger partial charge in [-0.25, -0.2) is 9.97 Å². The van der Waals surface area contributed by atoms with Gasteiger partial charge in [0.15, 0.2) is 0 Å². The molecule has 1 unspecified atom stereocenters. The van der Waals surface area contributed by atoms with Gasteiger partial charge in [0.1, 0.15) is 17.3 Å². The molecule has 0 aliphatic heterocycles. The summed E-state index contributed by atoms with van der Waals surface area (Å²) in [5.41, 5.74) is 1.04. The molecule has 0 spiro atoms. The molecule has 2 rings (SSSR count). The van der Waals surface area contributed by atoms with E-state index in [0.29, 0.717) is 9.63 Å². The molecule has 0 aliphatic carbocycles. The van der Waals surface area contributed by atoms with Gasteiger partial charge >= 0.3 is 0 Å². The first-order valence-electron chi connectivity index (χ1n) is 5.65. The minimum Gasteiger partial charge on any atom is -0.352 e. The Morgan fingerprint density at radius 2 is 1.89 bits per heavy atom. The highest BCUT2D eigenvalue weighted by atomic mass is 79.9. The lowest BCUT2D eigenvalue weighted by molar-refractivity contribution is 0.725. The van der Waals surface area contributed by atoms with Crippen LogP contribution in [0.5, 0.6) is 0 Å². The van der Waals surface area contributed by atoms with Crippen molar-refractivity contribution in [2.75, 3.05) is 11.9 Å². The van der Waals surface area contributed by atoms with Gasteiger partial charge in [0, 0.05) is 12.1 Å². The van der Waals surface area contributed by atoms with E-state index in [-0.39, 0.29) is 6.04 Å². The second kappa shape index (κ2) is 6.07. The molecule has 6 heteroatoms. The fourth-order valence-electron chi connectivity index (χ4n) is 1.79. The zero-order chi connectivity index (χ0) is 14.0. The lowest BCUT2D eigenvalue weighted by Gasteiger charge is -2.27. The number of rotatable bonds is 3. The molecule has 3 nitrogen and oxygen atoms in total. The average molecular weight is 361 g/mol. The summed E-state index contributed by atoms with van der Waals surface area (Å²) in [7, 11) is 1.94. The van der Waals surface area contributed by atoms with Crippen LogP contribution in [-0.4, -0.2) is 17.0 Å². The quantitative estimate of drug-likeness (QED) is 0.740. The van der Waals surface area contributed by atoms with Crippen molar-refractivity contribution >= 4 is 44.9 Å². The van der Waals surface area contributed by atoms with Crippen LogP contribution < -0.4 is 4.90 Å². The molecule has 0 aliphatic rings. The van der Waals surface area contributed by atoms with E-state index in [1.54, 1.807) is 0 Å². The van der Waals surface area contributed by atoms with Gasteiger partial charge in [-0.05, 0) is 34.5 Å². The molecule has 0 fully saturated rings. The molecular formula is C13H12BrCl2N3. The van der Waals surface area contributed by atoms with Gasteiger partial charge < -0.3 is 4.90 Å². The van der Waals surface area contributed by atoms with Crippen LogP contribution in [0.25, 0.3) is 0 Å². The molecular weight excluding hydrogens is 349 g/mol. The minimum absolute atomic E-state index is 0.0657. The second-order valence-corrected chi connectivity index (χ2v) is 5.67. The van der Waals surface area contributed by atoms with E-state index >= 15 is 0 Å². The molecule has 1 aromatic heterocycles. The molecule has 2 aromatic rings. The van der Waals surface area contributed by atoms with Crippen molar-refractivity contribution in [1.82, 2.24) is 9.97 Å². The highest BCUT2D eigenvalue weighted by molar-refractivity contribution is 9.10. The molecule has 100 valence electrons. The zero-order valence-electron chi connectivity index (χ0n) is 10.4. The highest BCUT2D eigenvalue weighted by Crippen LogP contribution is 2.34. The molecule has 1 atom stereocenters. The van der Waals surface area contributed by atoms with Crippen molar-refractivity contribution < 1.29 is 0 Å². The predicted molar refractivity (Wildman–Crippen MR) is 83.0 cm³/mol.